The largest absolute Gasteiger partial charge is 0.354 e. The Kier molecular flexibility index (Phi) is 5.56. The number of rotatable bonds is 6. The van der Waals surface area contributed by atoms with Crippen molar-refractivity contribution in [2.45, 2.75) is 31.3 Å². The topological polar surface area (TPSA) is 53.2 Å². The third kappa shape index (κ3) is 4.63. The van der Waals surface area contributed by atoms with Crippen LogP contribution in [0.3, 0.4) is 0 Å². The molecule has 2 atom stereocenters. The molecule has 3 rings (SSSR count). The van der Waals surface area contributed by atoms with Gasteiger partial charge in [-0.1, -0.05) is 42.5 Å². The Balaban J connectivity index is 1.39. The monoisotopic (exact) mass is 327 g/mol. The van der Waals surface area contributed by atoms with Crippen molar-refractivity contribution in [2.24, 2.45) is 0 Å². The van der Waals surface area contributed by atoms with Crippen LogP contribution in [-0.2, 0) is 11.2 Å². The summed E-state index contributed by atoms with van der Waals surface area (Å²) in [5.74, 6) is -0.273. The summed E-state index contributed by atoms with van der Waals surface area (Å²) >= 11 is 0. The van der Waals surface area contributed by atoms with E-state index in [1.807, 2.05) is 24.3 Å². The highest BCUT2D eigenvalue weighted by Gasteiger charge is 2.24. The van der Waals surface area contributed by atoms with Crippen LogP contribution in [0.5, 0.6) is 0 Å². The van der Waals surface area contributed by atoms with Crippen LogP contribution >= 0.6 is 0 Å². The average molecular weight is 327 g/mol. The van der Waals surface area contributed by atoms with E-state index in [-0.39, 0.29) is 23.8 Å². The second kappa shape index (κ2) is 8.04. The number of hydrogen-bond acceptors (Lipinski definition) is 3. The maximum absolute atomic E-state index is 13.1. The molecule has 0 radical (unpaired) electrons. The first kappa shape index (κ1) is 16.6. The Morgan fingerprint density at radius 3 is 2.75 bits per heavy atom. The van der Waals surface area contributed by atoms with Crippen molar-refractivity contribution >= 4 is 5.91 Å². The minimum Gasteiger partial charge on any atom is -0.354 e. The maximum atomic E-state index is 13.1. The van der Waals surface area contributed by atoms with Gasteiger partial charge in [0, 0.05) is 25.0 Å². The molecule has 0 saturated carbocycles. The Hall–Kier alpha value is -2.24. The van der Waals surface area contributed by atoms with Crippen molar-refractivity contribution in [1.82, 2.24) is 16.2 Å². The van der Waals surface area contributed by atoms with Crippen LogP contribution in [0.2, 0.25) is 0 Å². The van der Waals surface area contributed by atoms with Crippen molar-refractivity contribution in [2.75, 3.05) is 6.54 Å². The third-order valence-electron chi connectivity index (χ3n) is 4.26. The number of aryl methyl sites for hydroxylation is 1. The van der Waals surface area contributed by atoms with E-state index in [9.17, 15) is 9.18 Å². The van der Waals surface area contributed by atoms with Gasteiger partial charge in [0.2, 0.25) is 5.91 Å². The highest BCUT2D eigenvalue weighted by atomic mass is 19.1. The van der Waals surface area contributed by atoms with Gasteiger partial charge in [-0.15, -0.1) is 0 Å². The molecule has 4 nitrogen and oxygen atoms in total. The quantitative estimate of drug-likeness (QED) is 0.764. The van der Waals surface area contributed by atoms with E-state index in [1.165, 1.54) is 17.7 Å². The predicted molar refractivity (Wildman–Crippen MR) is 91.6 cm³/mol. The first-order chi connectivity index (χ1) is 11.7. The molecule has 1 heterocycles. The number of carbonyl (C=O) groups is 1. The lowest BCUT2D eigenvalue weighted by atomic mass is 10.0. The predicted octanol–water partition coefficient (Wildman–Crippen LogP) is 2.48. The number of carbonyl (C=O) groups excluding carboxylic acids is 1. The van der Waals surface area contributed by atoms with Crippen LogP contribution in [0.25, 0.3) is 0 Å². The molecule has 0 spiro atoms. The minimum atomic E-state index is -0.263. The number of halogens is 1. The lowest BCUT2D eigenvalue weighted by molar-refractivity contribution is -0.121. The zero-order chi connectivity index (χ0) is 16.8. The van der Waals surface area contributed by atoms with E-state index in [1.54, 1.807) is 6.07 Å². The fourth-order valence-electron chi connectivity index (χ4n) is 2.94. The van der Waals surface area contributed by atoms with E-state index in [2.05, 4.69) is 28.3 Å². The molecule has 0 bridgehead atoms. The van der Waals surface area contributed by atoms with Crippen LogP contribution < -0.4 is 16.2 Å². The third-order valence-corrected chi connectivity index (χ3v) is 4.26. The molecule has 3 N–H and O–H groups in total. The highest BCUT2D eigenvalue weighted by Crippen LogP contribution is 2.21. The fraction of sp³-hybridized carbons (Fsp3) is 0.316. The maximum Gasteiger partial charge on any atom is 0.220 e. The highest BCUT2D eigenvalue weighted by molar-refractivity contribution is 5.76. The van der Waals surface area contributed by atoms with Crippen molar-refractivity contribution in [3.8, 4) is 0 Å². The van der Waals surface area contributed by atoms with Gasteiger partial charge in [0.05, 0.1) is 0 Å². The number of nitrogens with one attached hydrogen (secondary N) is 3. The lowest BCUT2D eigenvalue weighted by Crippen LogP contribution is -2.40. The van der Waals surface area contributed by atoms with Gasteiger partial charge >= 0.3 is 0 Å². The Morgan fingerprint density at radius 2 is 1.96 bits per heavy atom. The molecule has 2 aromatic rings. The van der Waals surface area contributed by atoms with Gasteiger partial charge < -0.3 is 5.32 Å². The molecule has 24 heavy (non-hydrogen) atoms. The smallest absolute Gasteiger partial charge is 0.220 e. The summed E-state index contributed by atoms with van der Waals surface area (Å²) in [4.78, 5) is 12.0. The van der Waals surface area contributed by atoms with Crippen LogP contribution in [0.4, 0.5) is 4.39 Å². The van der Waals surface area contributed by atoms with Crippen LogP contribution in [-0.4, -0.2) is 18.5 Å². The Labute approximate surface area is 141 Å². The molecule has 1 aliphatic heterocycles. The van der Waals surface area contributed by atoms with Crippen molar-refractivity contribution < 1.29 is 9.18 Å². The summed E-state index contributed by atoms with van der Waals surface area (Å²) in [6.07, 6.45) is 1.84. The SMILES string of the molecule is O=C(CCc1cccc(F)c1)NCC1CC(c2ccccc2)NN1. The molecule has 2 aromatic carbocycles. The van der Waals surface area contributed by atoms with Gasteiger partial charge in [-0.2, -0.15) is 0 Å². The summed E-state index contributed by atoms with van der Waals surface area (Å²) in [5.41, 5.74) is 8.58. The van der Waals surface area contributed by atoms with Gasteiger partial charge in [-0.25, -0.2) is 9.82 Å². The first-order valence-corrected chi connectivity index (χ1v) is 8.28. The van der Waals surface area contributed by atoms with Crippen molar-refractivity contribution in [3.05, 3.63) is 71.5 Å². The number of hydrazine groups is 1. The molecule has 0 aromatic heterocycles. The van der Waals surface area contributed by atoms with E-state index in [0.29, 0.717) is 19.4 Å². The van der Waals surface area contributed by atoms with Gasteiger partial charge in [-0.3, -0.25) is 10.2 Å². The summed E-state index contributed by atoms with van der Waals surface area (Å²) in [6, 6.07) is 17.1. The molecule has 1 saturated heterocycles. The van der Waals surface area contributed by atoms with Crippen molar-refractivity contribution in [1.29, 1.82) is 0 Å². The van der Waals surface area contributed by atoms with E-state index in [0.717, 1.165) is 12.0 Å². The molecule has 1 fully saturated rings. The molecule has 1 amide bonds. The van der Waals surface area contributed by atoms with Gasteiger partial charge in [0.25, 0.3) is 0 Å². The molecule has 5 heteroatoms. The molecule has 126 valence electrons. The second-order valence-corrected chi connectivity index (χ2v) is 6.12. The van der Waals surface area contributed by atoms with E-state index >= 15 is 0 Å². The van der Waals surface area contributed by atoms with Crippen LogP contribution in [0, 0.1) is 5.82 Å². The van der Waals surface area contributed by atoms with Gasteiger partial charge in [0.1, 0.15) is 5.82 Å². The molecule has 0 aliphatic carbocycles. The second-order valence-electron chi connectivity index (χ2n) is 6.12. The first-order valence-electron chi connectivity index (χ1n) is 8.28. The number of benzene rings is 2. The summed E-state index contributed by atoms with van der Waals surface area (Å²) in [7, 11) is 0. The molecule has 1 aliphatic rings. The zero-order valence-electron chi connectivity index (χ0n) is 13.5. The molecular formula is C19H22FN3O. The average Bonchev–Trinajstić information content (AvgIpc) is 3.08. The minimum absolute atomic E-state index is 0.00998. The standard InChI is InChI=1S/C19H22FN3O/c20-16-8-4-5-14(11-16)9-10-19(24)21-13-17-12-18(23-22-17)15-6-2-1-3-7-15/h1-8,11,17-18,22-23H,9-10,12-13H2,(H,21,24). The van der Waals surface area contributed by atoms with Gasteiger partial charge in [-0.05, 0) is 36.1 Å². The van der Waals surface area contributed by atoms with Crippen LogP contribution in [0.15, 0.2) is 54.6 Å². The lowest BCUT2D eigenvalue weighted by Gasteiger charge is -2.11. The fourth-order valence-corrected chi connectivity index (χ4v) is 2.94. The van der Waals surface area contributed by atoms with Gasteiger partial charge in [0.15, 0.2) is 0 Å². The summed E-state index contributed by atoms with van der Waals surface area (Å²) in [6.45, 7) is 0.582. The zero-order valence-corrected chi connectivity index (χ0v) is 13.5. The van der Waals surface area contributed by atoms with Crippen LogP contribution in [0.1, 0.15) is 30.0 Å². The van der Waals surface area contributed by atoms with E-state index < -0.39 is 0 Å². The number of amides is 1. The van der Waals surface area contributed by atoms with E-state index in [4.69, 9.17) is 0 Å². The molecular weight excluding hydrogens is 305 g/mol. The molecule has 2 unspecified atom stereocenters. The Bertz CT molecular complexity index is 677. The van der Waals surface area contributed by atoms with Crippen molar-refractivity contribution in [3.63, 3.8) is 0 Å². The summed E-state index contributed by atoms with van der Waals surface area (Å²) < 4.78 is 13.1. The normalized spacial score (nSPS) is 20.0. The Morgan fingerprint density at radius 1 is 1.12 bits per heavy atom. The number of hydrogen-bond donors (Lipinski definition) is 3. The summed E-state index contributed by atoms with van der Waals surface area (Å²) in [5, 5.41) is 2.95.